The van der Waals surface area contributed by atoms with Crippen molar-refractivity contribution in [1.29, 1.82) is 0 Å². The Kier molecular flexibility index (Phi) is 5.43. The van der Waals surface area contributed by atoms with E-state index in [-0.39, 0.29) is 16.5 Å². The Hall–Kier alpha value is -0.330. The second-order valence-corrected chi connectivity index (χ2v) is 6.39. The number of nitrogens with two attached hydrogens (primary N) is 1. The van der Waals surface area contributed by atoms with Crippen LogP contribution in [0.25, 0.3) is 0 Å². The van der Waals surface area contributed by atoms with Crippen LogP contribution in [0.4, 0.5) is 0 Å². The zero-order valence-electron chi connectivity index (χ0n) is 10.3. The lowest BCUT2D eigenvalue weighted by molar-refractivity contribution is 0.445. The smallest absolute Gasteiger partial charge is 0.244 e. The van der Waals surface area contributed by atoms with Crippen molar-refractivity contribution in [3.05, 3.63) is 27.7 Å². The van der Waals surface area contributed by atoms with Gasteiger partial charge in [0.1, 0.15) is 4.90 Å². The first-order chi connectivity index (χ1) is 8.38. The van der Waals surface area contributed by atoms with Crippen LogP contribution in [0.5, 0.6) is 0 Å². The third-order valence-electron chi connectivity index (χ3n) is 2.64. The molecule has 1 aromatic carbocycles. The molecule has 0 aliphatic rings. The number of hydrogen-bond donors (Lipinski definition) is 1. The van der Waals surface area contributed by atoms with Gasteiger partial charge < -0.3 is 5.73 Å². The van der Waals surface area contributed by atoms with Gasteiger partial charge in [0.05, 0.1) is 5.02 Å². The molecule has 18 heavy (non-hydrogen) atoms. The molecular weight excluding hydrogens is 295 g/mol. The molecule has 0 radical (unpaired) electrons. The summed E-state index contributed by atoms with van der Waals surface area (Å²) in [6, 6.07) is 2.86. The number of rotatable bonds is 5. The third-order valence-corrected chi connectivity index (χ3v) is 5.51. The topological polar surface area (TPSA) is 63.4 Å². The van der Waals surface area contributed by atoms with Crippen LogP contribution in [-0.2, 0) is 16.6 Å². The van der Waals surface area contributed by atoms with Crippen molar-refractivity contribution < 1.29 is 8.42 Å². The molecule has 2 N–H and O–H groups in total. The first-order valence-electron chi connectivity index (χ1n) is 5.56. The Morgan fingerprint density at radius 3 is 2.17 bits per heavy atom. The molecule has 0 fully saturated rings. The fourth-order valence-electron chi connectivity index (χ4n) is 1.63. The van der Waals surface area contributed by atoms with Gasteiger partial charge in [-0.25, -0.2) is 8.42 Å². The molecule has 4 nitrogen and oxygen atoms in total. The summed E-state index contributed by atoms with van der Waals surface area (Å²) in [5.41, 5.74) is 6.08. The van der Waals surface area contributed by atoms with Crippen molar-refractivity contribution in [1.82, 2.24) is 4.31 Å². The van der Waals surface area contributed by atoms with Crippen molar-refractivity contribution in [2.24, 2.45) is 5.73 Å². The summed E-state index contributed by atoms with van der Waals surface area (Å²) in [6.45, 7) is 4.48. The van der Waals surface area contributed by atoms with E-state index in [0.29, 0.717) is 23.7 Å². The van der Waals surface area contributed by atoms with Gasteiger partial charge in [-0.1, -0.05) is 37.0 Å². The maximum atomic E-state index is 12.4. The summed E-state index contributed by atoms with van der Waals surface area (Å²) in [5.74, 6) is 0. The van der Waals surface area contributed by atoms with Crippen LogP contribution in [-0.4, -0.2) is 25.8 Å². The van der Waals surface area contributed by atoms with E-state index in [9.17, 15) is 8.42 Å². The Bertz CT molecular complexity index is 528. The average molecular weight is 311 g/mol. The van der Waals surface area contributed by atoms with Gasteiger partial charge in [0, 0.05) is 24.7 Å². The molecule has 7 heteroatoms. The molecule has 0 spiro atoms. The summed E-state index contributed by atoms with van der Waals surface area (Å²) in [7, 11) is -3.59. The first kappa shape index (κ1) is 15.7. The minimum atomic E-state index is -3.59. The highest BCUT2D eigenvalue weighted by atomic mass is 35.5. The molecule has 0 heterocycles. The Morgan fingerprint density at radius 2 is 1.72 bits per heavy atom. The minimum absolute atomic E-state index is 0.0534. The van der Waals surface area contributed by atoms with E-state index in [0.717, 1.165) is 0 Å². The lowest BCUT2D eigenvalue weighted by Crippen LogP contribution is -2.31. The van der Waals surface area contributed by atoms with Gasteiger partial charge in [-0.2, -0.15) is 4.31 Å². The second-order valence-electron chi connectivity index (χ2n) is 3.67. The van der Waals surface area contributed by atoms with E-state index in [4.69, 9.17) is 28.9 Å². The van der Waals surface area contributed by atoms with Crippen LogP contribution in [0.2, 0.25) is 10.0 Å². The van der Waals surface area contributed by atoms with E-state index >= 15 is 0 Å². The molecule has 0 atom stereocenters. The number of nitrogens with zero attached hydrogens (tertiary/aromatic N) is 1. The molecule has 0 aliphatic heterocycles. The zero-order valence-corrected chi connectivity index (χ0v) is 12.6. The lowest BCUT2D eigenvalue weighted by Gasteiger charge is -2.20. The monoisotopic (exact) mass is 310 g/mol. The van der Waals surface area contributed by atoms with E-state index in [1.165, 1.54) is 16.4 Å². The maximum Gasteiger partial charge on any atom is 0.244 e. The van der Waals surface area contributed by atoms with Crippen molar-refractivity contribution in [3.8, 4) is 0 Å². The molecule has 0 saturated heterocycles. The maximum absolute atomic E-state index is 12.4. The summed E-state index contributed by atoms with van der Waals surface area (Å²) < 4.78 is 26.0. The van der Waals surface area contributed by atoms with Crippen molar-refractivity contribution in [3.63, 3.8) is 0 Å². The fraction of sp³-hybridized carbons (Fsp3) is 0.455. The molecule has 0 unspecified atom stereocenters. The molecule has 0 amide bonds. The molecule has 0 aliphatic carbocycles. The van der Waals surface area contributed by atoms with Crippen molar-refractivity contribution in [2.75, 3.05) is 13.1 Å². The standard InChI is InChI=1S/C11H16Cl2N2O2S/c1-3-15(4-2)18(16,17)11-5-8(7-14)9(12)6-10(11)13/h5-6H,3-4,7,14H2,1-2H3. The lowest BCUT2D eigenvalue weighted by atomic mass is 10.2. The third kappa shape index (κ3) is 2.97. The SMILES string of the molecule is CCN(CC)S(=O)(=O)c1cc(CN)c(Cl)cc1Cl. The normalized spacial score (nSPS) is 12.1. The number of hydrogen-bond acceptors (Lipinski definition) is 3. The highest BCUT2D eigenvalue weighted by molar-refractivity contribution is 7.89. The first-order valence-corrected chi connectivity index (χ1v) is 7.76. The van der Waals surface area contributed by atoms with Crippen molar-refractivity contribution >= 4 is 33.2 Å². The van der Waals surface area contributed by atoms with Gasteiger partial charge in [0.2, 0.25) is 10.0 Å². The molecule has 1 aromatic rings. The van der Waals surface area contributed by atoms with Crippen LogP contribution in [0, 0.1) is 0 Å². The van der Waals surface area contributed by atoms with E-state index in [2.05, 4.69) is 0 Å². The molecule has 0 saturated carbocycles. The van der Waals surface area contributed by atoms with Gasteiger partial charge in [-0.05, 0) is 17.7 Å². The van der Waals surface area contributed by atoms with E-state index < -0.39 is 10.0 Å². The largest absolute Gasteiger partial charge is 0.326 e. The van der Waals surface area contributed by atoms with Crippen LogP contribution >= 0.6 is 23.2 Å². The highest BCUT2D eigenvalue weighted by Crippen LogP contribution is 2.30. The quantitative estimate of drug-likeness (QED) is 0.908. The van der Waals surface area contributed by atoms with Crippen molar-refractivity contribution in [2.45, 2.75) is 25.3 Å². The molecular formula is C11H16Cl2N2O2S. The Morgan fingerprint density at radius 1 is 1.17 bits per heavy atom. The molecule has 0 bridgehead atoms. The summed E-state index contributed by atoms with van der Waals surface area (Å²) in [4.78, 5) is 0.0534. The summed E-state index contributed by atoms with van der Waals surface area (Å²) >= 11 is 11.9. The number of benzene rings is 1. The average Bonchev–Trinajstić information content (AvgIpc) is 2.30. The predicted octanol–water partition coefficient (Wildman–Crippen LogP) is 2.48. The molecule has 1 rings (SSSR count). The van der Waals surface area contributed by atoms with Crippen LogP contribution in [0.3, 0.4) is 0 Å². The minimum Gasteiger partial charge on any atom is -0.326 e. The summed E-state index contributed by atoms with van der Waals surface area (Å²) in [5, 5.41) is 0.491. The Labute approximate surface area is 118 Å². The number of sulfonamides is 1. The second kappa shape index (κ2) is 6.21. The zero-order chi connectivity index (χ0) is 13.9. The predicted molar refractivity (Wildman–Crippen MR) is 74.5 cm³/mol. The van der Waals surface area contributed by atoms with Gasteiger partial charge in [-0.3, -0.25) is 0 Å². The Balaban J connectivity index is 3.41. The van der Waals surface area contributed by atoms with E-state index in [1.54, 1.807) is 13.8 Å². The van der Waals surface area contributed by atoms with E-state index in [1.807, 2.05) is 0 Å². The fourth-order valence-corrected chi connectivity index (χ4v) is 3.94. The van der Waals surface area contributed by atoms with Crippen LogP contribution in [0.15, 0.2) is 17.0 Å². The molecule has 102 valence electrons. The van der Waals surface area contributed by atoms with Crippen LogP contribution in [0.1, 0.15) is 19.4 Å². The van der Waals surface area contributed by atoms with Crippen LogP contribution < -0.4 is 5.73 Å². The van der Waals surface area contributed by atoms with Gasteiger partial charge >= 0.3 is 0 Å². The molecule has 0 aromatic heterocycles. The van der Waals surface area contributed by atoms with Gasteiger partial charge in [-0.15, -0.1) is 0 Å². The number of halogens is 2. The summed E-state index contributed by atoms with van der Waals surface area (Å²) in [6.07, 6.45) is 0. The highest BCUT2D eigenvalue weighted by Gasteiger charge is 2.25. The van der Waals surface area contributed by atoms with Gasteiger partial charge in [0.15, 0.2) is 0 Å². The van der Waals surface area contributed by atoms with Gasteiger partial charge in [0.25, 0.3) is 0 Å².